The molecule has 30 heavy (non-hydrogen) atoms. The molecule has 0 bridgehead atoms. The van der Waals surface area contributed by atoms with E-state index in [1.54, 1.807) is 48.5 Å². The largest absolute Gasteiger partial charge is 0.487 e. The second-order valence-corrected chi connectivity index (χ2v) is 8.59. The van der Waals surface area contributed by atoms with Gasteiger partial charge in [-0.3, -0.25) is 4.72 Å². The van der Waals surface area contributed by atoms with E-state index in [-0.39, 0.29) is 22.8 Å². The van der Waals surface area contributed by atoms with Crippen molar-refractivity contribution in [2.45, 2.75) is 24.8 Å². The van der Waals surface area contributed by atoms with Crippen molar-refractivity contribution < 1.29 is 23.1 Å². The van der Waals surface area contributed by atoms with E-state index in [9.17, 15) is 13.2 Å². The molecule has 6 nitrogen and oxygen atoms in total. The first-order valence-corrected chi connectivity index (χ1v) is 11.0. The average molecular weight is 446 g/mol. The monoisotopic (exact) mass is 445 g/mol. The summed E-state index contributed by atoms with van der Waals surface area (Å²) in [7, 11) is -3.85. The summed E-state index contributed by atoms with van der Waals surface area (Å²) in [6, 6.07) is 17.7. The van der Waals surface area contributed by atoms with Crippen LogP contribution in [0.5, 0.6) is 5.75 Å². The van der Waals surface area contributed by atoms with Crippen LogP contribution in [0.2, 0.25) is 5.02 Å². The molecule has 0 atom stereocenters. The summed E-state index contributed by atoms with van der Waals surface area (Å²) < 4.78 is 34.3. The maximum absolute atomic E-state index is 13.0. The first-order valence-electron chi connectivity index (χ1n) is 9.15. The highest BCUT2D eigenvalue weighted by molar-refractivity contribution is 7.92. The van der Waals surface area contributed by atoms with Gasteiger partial charge in [0.25, 0.3) is 10.0 Å². The number of carboxylic acids is 1. The Balaban J connectivity index is 1.84. The highest BCUT2D eigenvalue weighted by atomic mass is 35.5. The maximum Gasteiger partial charge on any atom is 0.335 e. The topological polar surface area (TPSA) is 92.7 Å². The minimum Gasteiger partial charge on any atom is -0.487 e. The SMILES string of the molecule is CCc1ccccc1S(=O)(=O)Nc1cc(Cl)ccc1OCc1ccc(C(=O)O)cc1. The van der Waals surface area contributed by atoms with Crippen molar-refractivity contribution in [2.75, 3.05) is 4.72 Å². The molecule has 0 amide bonds. The van der Waals surface area contributed by atoms with Gasteiger partial charge in [0.15, 0.2) is 0 Å². The van der Waals surface area contributed by atoms with E-state index < -0.39 is 16.0 Å². The standard InChI is InChI=1S/C22H20ClNO5S/c1-2-16-5-3-4-6-21(16)30(27,28)24-19-13-18(23)11-12-20(19)29-14-15-7-9-17(10-8-15)22(25)26/h3-13,24H,2,14H2,1H3,(H,25,26). The minimum atomic E-state index is -3.85. The van der Waals surface area contributed by atoms with Crippen LogP contribution >= 0.6 is 11.6 Å². The summed E-state index contributed by atoms with van der Waals surface area (Å²) >= 11 is 6.07. The Kier molecular flexibility index (Phi) is 6.64. The first-order chi connectivity index (χ1) is 14.3. The maximum atomic E-state index is 13.0. The second kappa shape index (κ2) is 9.19. The number of aryl methyl sites for hydroxylation is 1. The number of carbonyl (C=O) groups is 1. The Hall–Kier alpha value is -3.03. The Morgan fingerprint density at radius 3 is 2.43 bits per heavy atom. The Morgan fingerprint density at radius 1 is 1.07 bits per heavy atom. The fourth-order valence-electron chi connectivity index (χ4n) is 2.87. The van der Waals surface area contributed by atoms with Gasteiger partial charge >= 0.3 is 5.97 Å². The van der Waals surface area contributed by atoms with Crippen molar-refractivity contribution >= 4 is 33.3 Å². The molecule has 0 aromatic heterocycles. The zero-order valence-corrected chi connectivity index (χ0v) is 17.7. The number of nitrogens with one attached hydrogen (secondary N) is 1. The van der Waals surface area contributed by atoms with Gasteiger partial charge in [0.1, 0.15) is 12.4 Å². The summed E-state index contributed by atoms with van der Waals surface area (Å²) in [5, 5.41) is 9.33. The number of benzene rings is 3. The predicted molar refractivity (Wildman–Crippen MR) is 116 cm³/mol. The third-order valence-corrected chi connectivity index (χ3v) is 6.13. The van der Waals surface area contributed by atoms with Crippen LogP contribution in [-0.2, 0) is 23.1 Å². The zero-order chi connectivity index (χ0) is 21.7. The fourth-order valence-corrected chi connectivity index (χ4v) is 4.42. The van der Waals surface area contributed by atoms with Crippen molar-refractivity contribution in [3.63, 3.8) is 0 Å². The number of carboxylic acid groups (broad SMARTS) is 1. The lowest BCUT2D eigenvalue weighted by atomic mass is 10.1. The quantitative estimate of drug-likeness (QED) is 0.510. The molecule has 0 radical (unpaired) electrons. The van der Waals surface area contributed by atoms with Gasteiger partial charge in [-0.2, -0.15) is 0 Å². The highest BCUT2D eigenvalue weighted by Crippen LogP contribution is 2.31. The minimum absolute atomic E-state index is 0.127. The summed E-state index contributed by atoms with van der Waals surface area (Å²) in [6.45, 7) is 2.01. The van der Waals surface area contributed by atoms with Crippen LogP contribution in [0.15, 0.2) is 71.6 Å². The summed E-state index contributed by atoms with van der Waals surface area (Å²) in [5.74, 6) is -0.705. The smallest absolute Gasteiger partial charge is 0.335 e. The van der Waals surface area contributed by atoms with E-state index in [2.05, 4.69) is 4.72 Å². The molecule has 0 fully saturated rings. The number of ether oxygens (including phenoxy) is 1. The number of hydrogen-bond acceptors (Lipinski definition) is 4. The van der Waals surface area contributed by atoms with Crippen molar-refractivity contribution in [1.29, 1.82) is 0 Å². The summed E-state index contributed by atoms with van der Waals surface area (Å²) in [5.41, 5.74) is 1.83. The van der Waals surface area contributed by atoms with Gasteiger partial charge in [-0.25, -0.2) is 13.2 Å². The van der Waals surface area contributed by atoms with Crippen LogP contribution in [-0.4, -0.2) is 19.5 Å². The van der Waals surface area contributed by atoms with Gasteiger partial charge < -0.3 is 9.84 Å². The van der Waals surface area contributed by atoms with Gasteiger partial charge in [-0.1, -0.05) is 48.9 Å². The van der Waals surface area contributed by atoms with E-state index in [1.807, 2.05) is 6.92 Å². The van der Waals surface area contributed by atoms with Crippen LogP contribution in [0.4, 0.5) is 5.69 Å². The van der Waals surface area contributed by atoms with Gasteiger partial charge in [-0.15, -0.1) is 0 Å². The predicted octanol–water partition coefficient (Wildman–Crippen LogP) is 4.98. The van der Waals surface area contributed by atoms with Gasteiger partial charge in [0, 0.05) is 5.02 Å². The molecular weight excluding hydrogens is 426 g/mol. The van der Waals surface area contributed by atoms with Crippen LogP contribution in [0.1, 0.15) is 28.4 Å². The Labute approximate surface area is 180 Å². The molecule has 8 heteroatoms. The Morgan fingerprint density at radius 2 is 1.77 bits per heavy atom. The molecular formula is C22H20ClNO5S. The lowest BCUT2D eigenvalue weighted by Gasteiger charge is -2.15. The van der Waals surface area contributed by atoms with E-state index in [4.69, 9.17) is 21.4 Å². The molecule has 156 valence electrons. The average Bonchev–Trinajstić information content (AvgIpc) is 2.73. The first kappa shape index (κ1) is 21.7. The van der Waals surface area contributed by atoms with E-state index in [0.717, 1.165) is 5.56 Å². The normalized spacial score (nSPS) is 11.1. The fraction of sp³-hybridized carbons (Fsp3) is 0.136. The van der Waals surface area contributed by atoms with E-state index in [0.29, 0.717) is 22.8 Å². The molecule has 2 N–H and O–H groups in total. The molecule has 0 spiro atoms. The number of anilines is 1. The van der Waals surface area contributed by atoms with Crippen LogP contribution in [0.3, 0.4) is 0 Å². The molecule has 0 heterocycles. The number of rotatable bonds is 8. The van der Waals surface area contributed by atoms with Crippen LogP contribution < -0.4 is 9.46 Å². The Bertz CT molecular complexity index is 1160. The van der Waals surface area contributed by atoms with Crippen molar-refractivity contribution in [3.05, 3.63) is 88.4 Å². The molecule has 3 aromatic carbocycles. The third-order valence-electron chi connectivity index (χ3n) is 4.42. The summed E-state index contributed by atoms with van der Waals surface area (Å²) in [4.78, 5) is 11.2. The third kappa shape index (κ3) is 5.11. The summed E-state index contributed by atoms with van der Waals surface area (Å²) in [6.07, 6.45) is 0.572. The molecule has 0 aliphatic heterocycles. The van der Waals surface area contributed by atoms with Crippen molar-refractivity contribution in [2.24, 2.45) is 0 Å². The van der Waals surface area contributed by atoms with Crippen molar-refractivity contribution in [3.8, 4) is 5.75 Å². The molecule has 0 aliphatic rings. The van der Waals surface area contributed by atoms with Crippen molar-refractivity contribution in [1.82, 2.24) is 0 Å². The number of hydrogen-bond donors (Lipinski definition) is 2. The van der Waals surface area contributed by atoms with Gasteiger partial charge in [0.2, 0.25) is 0 Å². The van der Waals surface area contributed by atoms with E-state index in [1.165, 1.54) is 18.2 Å². The molecule has 0 saturated heterocycles. The lowest BCUT2D eigenvalue weighted by molar-refractivity contribution is 0.0697. The molecule has 3 rings (SSSR count). The number of aromatic carboxylic acids is 1. The van der Waals surface area contributed by atoms with Crippen LogP contribution in [0.25, 0.3) is 0 Å². The highest BCUT2D eigenvalue weighted by Gasteiger charge is 2.20. The van der Waals surface area contributed by atoms with Gasteiger partial charge in [0.05, 0.1) is 16.1 Å². The number of halogens is 1. The molecule has 0 unspecified atom stereocenters. The molecule has 0 saturated carbocycles. The number of sulfonamides is 1. The second-order valence-electron chi connectivity index (χ2n) is 6.50. The molecule has 0 aliphatic carbocycles. The van der Waals surface area contributed by atoms with Crippen LogP contribution in [0, 0.1) is 0 Å². The van der Waals surface area contributed by atoms with Gasteiger partial charge in [-0.05, 0) is 53.9 Å². The molecule has 3 aromatic rings. The van der Waals surface area contributed by atoms with E-state index >= 15 is 0 Å². The lowest BCUT2D eigenvalue weighted by Crippen LogP contribution is -2.15. The zero-order valence-electron chi connectivity index (χ0n) is 16.1.